The predicted molar refractivity (Wildman–Crippen MR) is 93.8 cm³/mol. The van der Waals surface area contributed by atoms with Crippen molar-refractivity contribution in [2.75, 3.05) is 18.4 Å². The minimum absolute atomic E-state index is 0.0838. The van der Waals surface area contributed by atoms with E-state index in [0.717, 1.165) is 37.9 Å². The number of rotatable bonds is 3. The molecule has 24 heavy (non-hydrogen) atoms. The van der Waals surface area contributed by atoms with E-state index >= 15 is 0 Å². The number of hydrogen-bond donors (Lipinski definition) is 1. The van der Waals surface area contributed by atoms with E-state index < -0.39 is 0 Å². The average Bonchev–Trinajstić information content (AvgIpc) is 2.89. The molecule has 1 fully saturated rings. The number of carbonyl (C=O) groups is 1. The van der Waals surface area contributed by atoms with Gasteiger partial charge in [0.25, 0.3) is 0 Å². The Morgan fingerprint density at radius 3 is 2.79 bits per heavy atom. The van der Waals surface area contributed by atoms with Crippen LogP contribution in [-0.2, 0) is 6.54 Å². The first-order valence-corrected chi connectivity index (χ1v) is 8.52. The molecule has 1 aliphatic heterocycles. The van der Waals surface area contributed by atoms with Crippen LogP contribution in [0, 0.1) is 5.41 Å². The van der Waals surface area contributed by atoms with Crippen molar-refractivity contribution in [3.63, 3.8) is 0 Å². The van der Waals surface area contributed by atoms with Crippen molar-refractivity contribution in [2.24, 2.45) is 5.41 Å². The molecule has 1 aromatic heterocycles. The first kappa shape index (κ1) is 16.5. The second kappa shape index (κ2) is 7.03. The van der Waals surface area contributed by atoms with E-state index in [0.29, 0.717) is 17.8 Å². The van der Waals surface area contributed by atoms with Crippen LogP contribution in [-0.4, -0.2) is 39.0 Å². The topological polar surface area (TPSA) is 63.1 Å². The zero-order chi connectivity index (χ0) is 17.0. The van der Waals surface area contributed by atoms with Crippen LogP contribution < -0.4 is 5.32 Å². The SMILES string of the molecule is CC1(C)CCCN(C(=O)Nc2cn(Cc3ccccc3)nn2)CC1. The maximum absolute atomic E-state index is 12.4. The third-order valence-corrected chi connectivity index (χ3v) is 4.59. The molecule has 3 rings (SSSR count). The molecule has 0 bridgehead atoms. The van der Waals surface area contributed by atoms with Gasteiger partial charge in [-0.1, -0.05) is 49.4 Å². The number of nitrogens with one attached hydrogen (secondary N) is 1. The maximum Gasteiger partial charge on any atom is 0.323 e. The molecule has 1 aromatic carbocycles. The summed E-state index contributed by atoms with van der Waals surface area (Å²) in [5.41, 5.74) is 1.46. The third kappa shape index (κ3) is 4.34. The number of aromatic nitrogens is 3. The van der Waals surface area contributed by atoms with E-state index in [-0.39, 0.29) is 6.03 Å². The number of carbonyl (C=O) groups excluding carboxylic acids is 1. The van der Waals surface area contributed by atoms with Crippen molar-refractivity contribution < 1.29 is 4.79 Å². The van der Waals surface area contributed by atoms with E-state index in [9.17, 15) is 4.79 Å². The summed E-state index contributed by atoms with van der Waals surface area (Å²) in [6.45, 7) is 6.76. The zero-order valence-corrected chi connectivity index (χ0v) is 14.4. The van der Waals surface area contributed by atoms with Crippen molar-refractivity contribution in [2.45, 2.75) is 39.7 Å². The van der Waals surface area contributed by atoms with Crippen molar-refractivity contribution in [1.29, 1.82) is 0 Å². The largest absolute Gasteiger partial charge is 0.324 e. The molecule has 2 aromatic rings. The summed E-state index contributed by atoms with van der Waals surface area (Å²) in [7, 11) is 0. The Hall–Kier alpha value is -2.37. The summed E-state index contributed by atoms with van der Waals surface area (Å²) in [5.74, 6) is 0.499. The first-order chi connectivity index (χ1) is 11.5. The van der Waals surface area contributed by atoms with Crippen LogP contribution in [0.15, 0.2) is 36.5 Å². The quantitative estimate of drug-likeness (QED) is 0.940. The highest BCUT2D eigenvalue weighted by Crippen LogP contribution is 2.29. The fourth-order valence-corrected chi connectivity index (χ4v) is 3.02. The van der Waals surface area contributed by atoms with Crippen molar-refractivity contribution >= 4 is 11.8 Å². The summed E-state index contributed by atoms with van der Waals surface area (Å²) in [6.07, 6.45) is 5.00. The van der Waals surface area contributed by atoms with Gasteiger partial charge in [-0.15, -0.1) is 5.10 Å². The highest BCUT2D eigenvalue weighted by Gasteiger charge is 2.25. The van der Waals surface area contributed by atoms with E-state index in [1.54, 1.807) is 10.9 Å². The maximum atomic E-state index is 12.4. The molecule has 6 nitrogen and oxygen atoms in total. The number of hydrogen-bond acceptors (Lipinski definition) is 3. The summed E-state index contributed by atoms with van der Waals surface area (Å²) < 4.78 is 1.73. The monoisotopic (exact) mass is 327 g/mol. The fourth-order valence-electron chi connectivity index (χ4n) is 3.02. The molecule has 0 atom stereocenters. The molecule has 128 valence electrons. The molecule has 2 heterocycles. The minimum Gasteiger partial charge on any atom is -0.324 e. The second-order valence-corrected chi connectivity index (χ2v) is 7.22. The predicted octanol–water partition coefficient (Wildman–Crippen LogP) is 3.37. The number of amides is 2. The molecule has 0 radical (unpaired) electrons. The van der Waals surface area contributed by atoms with Crippen molar-refractivity contribution in [3.05, 3.63) is 42.1 Å². The van der Waals surface area contributed by atoms with Crippen LogP contribution in [0.25, 0.3) is 0 Å². The smallest absolute Gasteiger partial charge is 0.323 e. The molecular weight excluding hydrogens is 302 g/mol. The molecule has 2 amide bonds. The van der Waals surface area contributed by atoms with Crippen LogP contribution in [0.1, 0.15) is 38.7 Å². The summed E-state index contributed by atoms with van der Waals surface area (Å²) in [5, 5.41) is 11.0. The molecule has 0 aliphatic carbocycles. The Bertz CT molecular complexity index is 680. The highest BCUT2D eigenvalue weighted by molar-refractivity contribution is 5.88. The van der Waals surface area contributed by atoms with Gasteiger partial charge in [-0.3, -0.25) is 5.32 Å². The molecular formula is C18H25N5O. The number of nitrogens with zero attached hydrogens (tertiary/aromatic N) is 4. The van der Waals surface area contributed by atoms with Crippen LogP contribution in [0.2, 0.25) is 0 Å². The Kier molecular flexibility index (Phi) is 4.83. The van der Waals surface area contributed by atoms with E-state index in [1.807, 2.05) is 35.2 Å². The number of likely N-dealkylation sites (tertiary alicyclic amines) is 1. The van der Waals surface area contributed by atoms with Gasteiger partial charge < -0.3 is 4.90 Å². The lowest BCUT2D eigenvalue weighted by Crippen LogP contribution is -2.36. The molecule has 0 saturated carbocycles. The number of anilines is 1. The normalized spacial score (nSPS) is 17.3. The Labute approximate surface area is 142 Å². The lowest BCUT2D eigenvalue weighted by molar-refractivity contribution is 0.211. The third-order valence-electron chi connectivity index (χ3n) is 4.59. The molecule has 1 aliphatic rings. The lowest BCUT2D eigenvalue weighted by Gasteiger charge is -2.23. The van der Waals surface area contributed by atoms with Crippen LogP contribution >= 0.6 is 0 Å². The fraction of sp³-hybridized carbons (Fsp3) is 0.500. The average molecular weight is 327 g/mol. The van der Waals surface area contributed by atoms with E-state index in [1.165, 1.54) is 0 Å². The Morgan fingerprint density at radius 2 is 2.00 bits per heavy atom. The summed E-state index contributed by atoms with van der Waals surface area (Å²) >= 11 is 0. The standard InChI is InChI=1S/C18H25N5O/c1-18(2)9-6-11-22(12-10-18)17(24)19-16-14-23(21-20-16)13-15-7-4-3-5-8-15/h3-5,7-8,14H,6,9-13H2,1-2H3,(H,19,24). The van der Waals surface area contributed by atoms with Gasteiger partial charge in [-0.2, -0.15) is 0 Å². The van der Waals surface area contributed by atoms with Crippen LogP contribution in [0.5, 0.6) is 0 Å². The van der Waals surface area contributed by atoms with Gasteiger partial charge in [-0.25, -0.2) is 9.48 Å². The van der Waals surface area contributed by atoms with Crippen molar-refractivity contribution in [1.82, 2.24) is 19.9 Å². The number of urea groups is 1. The molecule has 0 unspecified atom stereocenters. The van der Waals surface area contributed by atoms with Gasteiger partial charge in [0.2, 0.25) is 0 Å². The van der Waals surface area contributed by atoms with Gasteiger partial charge in [0, 0.05) is 13.1 Å². The molecule has 0 spiro atoms. The summed E-state index contributed by atoms with van der Waals surface area (Å²) in [6, 6.07) is 9.97. The minimum atomic E-state index is -0.0838. The first-order valence-electron chi connectivity index (χ1n) is 8.52. The second-order valence-electron chi connectivity index (χ2n) is 7.22. The van der Waals surface area contributed by atoms with E-state index in [2.05, 4.69) is 29.5 Å². The summed E-state index contributed by atoms with van der Waals surface area (Å²) in [4.78, 5) is 14.3. The highest BCUT2D eigenvalue weighted by atomic mass is 16.2. The Balaban J connectivity index is 1.57. The van der Waals surface area contributed by atoms with Gasteiger partial charge in [0.15, 0.2) is 5.82 Å². The molecule has 1 saturated heterocycles. The Morgan fingerprint density at radius 1 is 1.21 bits per heavy atom. The lowest BCUT2D eigenvalue weighted by atomic mass is 9.85. The van der Waals surface area contributed by atoms with E-state index in [4.69, 9.17) is 0 Å². The van der Waals surface area contributed by atoms with Gasteiger partial charge in [0.05, 0.1) is 12.7 Å². The van der Waals surface area contributed by atoms with Crippen LogP contribution in [0.3, 0.4) is 0 Å². The number of benzene rings is 1. The molecule has 6 heteroatoms. The van der Waals surface area contributed by atoms with Gasteiger partial charge in [0.1, 0.15) is 0 Å². The van der Waals surface area contributed by atoms with Gasteiger partial charge in [-0.05, 0) is 30.2 Å². The van der Waals surface area contributed by atoms with Crippen LogP contribution in [0.4, 0.5) is 10.6 Å². The molecule has 1 N–H and O–H groups in total. The zero-order valence-electron chi connectivity index (χ0n) is 14.4. The van der Waals surface area contributed by atoms with Crippen molar-refractivity contribution in [3.8, 4) is 0 Å². The van der Waals surface area contributed by atoms with Gasteiger partial charge >= 0.3 is 6.03 Å².